The number of nitrogens with zero attached hydrogens (tertiary/aromatic N) is 2. The van der Waals surface area contributed by atoms with Gasteiger partial charge in [-0.3, -0.25) is 9.36 Å². The maximum absolute atomic E-state index is 13.6. The van der Waals surface area contributed by atoms with Gasteiger partial charge in [-0.25, -0.2) is 9.79 Å². The Morgan fingerprint density at radius 2 is 1.94 bits per heavy atom. The molecule has 1 aromatic heterocycles. The predicted molar refractivity (Wildman–Crippen MR) is 128 cm³/mol. The summed E-state index contributed by atoms with van der Waals surface area (Å²) in [6.45, 7) is 3.65. The number of benzene rings is 2. The monoisotopic (exact) mass is 480 g/mol. The first kappa shape index (κ1) is 23.3. The molecule has 2 aromatic carbocycles. The molecule has 3 aromatic rings. The summed E-state index contributed by atoms with van der Waals surface area (Å²) in [4.78, 5) is 31.6. The first-order valence-corrected chi connectivity index (χ1v) is 11.4. The summed E-state index contributed by atoms with van der Waals surface area (Å²) >= 11 is 1.21. The SMILES string of the molecule is CCOC(=O)C1=C(C)N=c2s/c(=C/c3cccc(O)c3)c(=O)n2C1c1ccc(OC)c(OC)c1. The first-order chi connectivity index (χ1) is 16.4. The van der Waals surface area contributed by atoms with Crippen LogP contribution in [0.2, 0.25) is 0 Å². The Morgan fingerprint density at radius 1 is 1.18 bits per heavy atom. The predicted octanol–water partition coefficient (Wildman–Crippen LogP) is 2.52. The van der Waals surface area contributed by atoms with E-state index in [1.54, 1.807) is 62.4 Å². The summed E-state index contributed by atoms with van der Waals surface area (Å²) < 4.78 is 18.0. The van der Waals surface area contributed by atoms with Crippen LogP contribution in [0.1, 0.15) is 31.0 Å². The normalized spacial score (nSPS) is 15.5. The van der Waals surface area contributed by atoms with Crippen LogP contribution in [0.3, 0.4) is 0 Å². The zero-order valence-electron chi connectivity index (χ0n) is 19.2. The summed E-state index contributed by atoms with van der Waals surface area (Å²) in [6.07, 6.45) is 1.69. The Labute approximate surface area is 199 Å². The topological polar surface area (TPSA) is 99.4 Å². The van der Waals surface area contributed by atoms with Gasteiger partial charge in [0.05, 0.1) is 42.7 Å². The molecule has 0 aliphatic carbocycles. The summed E-state index contributed by atoms with van der Waals surface area (Å²) in [7, 11) is 3.06. The number of hydrogen-bond donors (Lipinski definition) is 1. The van der Waals surface area contributed by atoms with Crippen molar-refractivity contribution in [1.82, 2.24) is 4.57 Å². The largest absolute Gasteiger partial charge is 0.508 e. The lowest BCUT2D eigenvalue weighted by atomic mass is 9.95. The van der Waals surface area contributed by atoms with Crippen LogP contribution in [0.4, 0.5) is 0 Å². The molecule has 34 heavy (non-hydrogen) atoms. The second-order valence-electron chi connectivity index (χ2n) is 7.51. The lowest BCUT2D eigenvalue weighted by Crippen LogP contribution is -2.39. The first-order valence-electron chi connectivity index (χ1n) is 10.6. The smallest absolute Gasteiger partial charge is 0.338 e. The maximum Gasteiger partial charge on any atom is 0.338 e. The summed E-state index contributed by atoms with van der Waals surface area (Å²) in [6, 6.07) is 11.1. The van der Waals surface area contributed by atoms with E-state index in [9.17, 15) is 14.7 Å². The Bertz CT molecular complexity index is 1470. The Kier molecular flexibility index (Phi) is 6.56. The number of carbonyl (C=O) groups is 1. The fourth-order valence-corrected chi connectivity index (χ4v) is 4.94. The van der Waals surface area contributed by atoms with Crippen molar-refractivity contribution in [3.8, 4) is 17.2 Å². The van der Waals surface area contributed by atoms with E-state index >= 15 is 0 Å². The van der Waals surface area contributed by atoms with E-state index in [2.05, 4.69) is 4.99 Å². The quantitative estimate of drug-likeness (QED) is 0.545. The molecule has 2 heterocycles. The van der Waals surface area contributed by atoms with Crippen LogP contribution in [0.5, 0.6) is 17.2 Å². The molecule has 0 fully saturated rings. The molecule has 0 radical (unpaired) electrons. The van der Waals surface area contributed by atoms with Gasteiger partial charge in [0, 0.05) is 0 Å². The Balaban J connectivity index is 1.97. The third-order valence-corrected chi connectivity index (χ3v) is 6.39. The molecule has 1 atom stereocenters. The zero-order valence-corrected chi connectivity index (χ0v) is 20.0. The number of thiazole rings is 1. The van der Waals surface area contributed by atoms with Crippen molar-refractivity contribution in [2.24, 2.45) is 4.99 Å². The minimum Gasteiger partial charge on any atom is -0.508 e. The third-order valence-electron chi connectivity index (χ3n) is 5.41. The number of methoxy groups -OCH3 is 2. The van der Waals surface area contributed by atoms with Gasteiger partial charge in [0.15, 0.2) is 16.3 Å². The highest BCUT2D eigenvalue weighted by Crippen LogP contribution is 2.36. The second-order valence-corrected chi connectivity index (χ2v) is 8.52. The molecule has 4 rings (SSSR count). The van der Waals surface area contributed by atoms with E-state index in [4.69, 9.17) is 14.2 Å². The Hall–Kier alpha value is -3.85. The molecule has 0 saturated heterocycles. The molecule has 1 aliphatic heterocycles. The minimum atomic E-state index is -0.763. The van der Waals surface area contributed by atoms with Crippen LogP contribution in [-0.4, -0.2) is 36.5 Å². The van der Waals surface area contributed by atoms with Crippen LogP contribution in [-0.2, 0) is 9.53 Å². The molecule has 9 heteroatoms. The molecular weight excluding hydrogens is 456 g/mol. The molecule has 1 N–H and O–H groups in total. The van der Waals surface area contributed by atoms with E-state index < -0.39 is 12.0 Å². The molecule has 0 bridgehead atoms. The van der Waals surface area contributed by atoms with Gasteiger partial charge < -0.3 is 19.3 Å². The number of hydrogen-bond acceptors (Lipinski definition) is 8. The number of carbonyl (C=O) groups excluding carboxylic acids is 1. The standard InChI is InChI=1S/C25H24N2O6S/c1-5-33-24(30)21-14(2)26-25-27(22(21)16-9-10-18(31-3)19(13-16)32-4)23(29)20(34-25)12-15-7-6-8-17(28)11-15/h6-13,22,28H,5H2,1-4H3/b20-12+. The second kappa shape index (κ2) is 9.56. The number of phenolic OH excluding ortho intramolecular Hbond substituents is 1. The number of aromatic nitrogens is 1. The minimum absolute atomic E-state index is 0.102. The van der Waals surface area contributed by atoms with Gasteiger partial charge >= 0.3 is 5.97 Å². The highest BCUT2D eigenvalue weighted by molar-refractivity contribution is 7.07. The van der Waals surface area contributed by atoms with Gasteiger partial charge in [-0.05, 0) is 55.3 Å². The van der Waals surface area contributed by atoms with Crippen LogP contribution >= 0.6 is 11.3 Å². The van der Waals surface area contributed by atoms with Crippen LogP contribution in [0.15, 0.2) is 63.5 Å². The van der Waals surface area contributed by atoms with Crippen LogP contribution < -0.4 is 24.4 Å². The number of rotatable bonds is 6. The summed E-state index contributed by atoms with van der Waals surface area (Å²) in [5.74, 6) is 0.566. The van der Waals surface area contributed by atoms with Crippen molar-refractivity contribution in [2.75, 3.05) is 20.8 Å². The molecule has 1 unspecified atom stereocenters. The molecular formula is C25H24N2O6S. The molecule has 0 amide bonds. The summed E-state index contributed by atoms with van der Waals surface area (Å²) in [5.41, 5.74) is 1.78. The van der Waals surface area contributed by atoms with Gasteiger partial charge in [-0.2, -0.15) is 0 Å². The van der Waals surface area contributed by atoms with Gasteiger partial charge in [0.2, 0.25) is 0 Å². The average Bonchev–Trinajstić information content (AvgIpc) is 3.12. The fraction of sp³-hybridized carbons (Fsp3) is 0.240. The van der Waals surface area contributed by atoms with Gasteiger partial charge in [-0.15, -0.1) is 0 Å². The van der Waals surface area contributed by atoms with Crippen molar-refractivity contribution < 1.29 is 24.1 Å². The molecule has 0 spiro atoms. The fourth-order valence-electron chi connectivity index (χ4n) is 3.90. The number of fused-ring (bicyclic) bond motifs is 1. The highest BCUT2D eigenvalue weighted by atomic mass is 32.1. The van der Waals surface area contributed by atoms with Crippen molar-refractivity contribution >= 4 is 23.4 Å². The number of esters is 1. The third kappa shape index (κ3) is 4.22. The van der Waals surface area contributed by atoms with Gasteiger partial charge in [0.1, 0.15) is 5.75 Å². The average molecular weight is 481 g/mol. The molecule has 8 nitrogen and oxygen atoms in total. The van der Waals surface area contributed by atoms with Gasteiger partial charge in [-0.1, -0.05) is 29.5 Å². The number of aromatic hydroxyl groups is 1. The van der Waals surface area contributed by atoms with E-state index in [1.807, 2.05) is 0 Å². The number of ether oxygens (including phenoxy) is 3. The lowest BCUT2D eigenvalue weighted by Gasteiger charge is -2.25. The Morgan fingerprint density at radius 3 is 2.62 bits per heavy atom. The summed E-state index contributed by atoms with van der Waals surface area (Å²) in [5, 5.41) is 9.79. The van der Waals surface area contributed by atoms with E-state index in [-0.39, 0.29) is 23.5 Å². The van der Waals surface area contributed by atoms with Crippen LogP contribution in [0.25, 0.3) is 6.08 Å². The van der Waals surface area contributed by atoms with E-state index in [0.717, 1.165) is 0 Å². The number of phenols is 1. The van der Waals surface area contributed by atoms with E-state index in [0.29, 0.717) is 37.7 Å². The maximum atomic E-state index is 13.6. The van der Waals surface area contributed by atoms with Crippen LogP contribution in [0, 0.1) is 0 Å². The van der Waals surface area contributed by atoms with Crippen molar-refractivity contribution in [1.29, 1.82) is 0 Å². The van der Waals surface area contributed by atoms with Gasteiger partial charge in [0.25, 0.3) is 5.56 Å². The van der Waals surface area contributed by atoms with Crippen molar-refractivity contribution in [3.63, 3.8) is 0 Å². The van der Waals surface area contributed by atoms with Crippen molar-refractivity contribution in [2.45, 2.75) is 19.9 Å². The zero-order chi connectivity index (χ0) is 24.4. The number of allylic oxidation sites excluding steroid dienone is 1. The highest BCUT2D eigenvalue weighted by Gasteiger charge is 2.33. The van der Waals surface area contributed by atoms with Crippen molar-refractivity contribution in [3.05, 3.63) is 84.5 Å². The molecule has 0 saturated carbocycles. The lowest BCUT2D eigenvalue weighted by molar-refractivity contribution is -0.139. The molecule has 176 valence electrons. The van der Waals surface area contributed by atoms with E-state index in [1.165, 1.54) is 30.1 Å². The molecule has 1 aliphatic rings.